The second kappa shape index (κ2) is 9.14. The molecule has 3 rings (SSSR count). The maximum absolute atomic E-state index is 12.8. The lowest BCUT2D eigenvalue weighted by Crippen LogP contribution is -2.37. The Bertz CT molecular complexity index is 896. The Labute approximate surface area is 173 Å². The molecule has 2 fully saturated rings. The molecule has 1 heterocycles. The van der Waals surface area contributed by atoms with Crippen LogP contribution in [0, 0.1) is 0 Å². The number of nitrogens with zero attached hydrogens (tertiary/aromatic N) is 1. The van der Waals surface area contributed by atoms with E-state index in [1.54, 1.807) is 0 Å². The second-order valence-corrected chi connectivity index (χ2v) is 9.43. The van der Waals surface area contributed by atoms with E-state index in [4.69, 9.17) is 4.74 Å². The van der Waals surface area contributed by atoms with Crippen molar-refractivity contribution < 1.29 is 27.5 Å². The highest BCUT2D eigenvalue weighted by Crippen LogP contribution is 2.27. The van der Waals surface area contributed by atoms with Crippen LogP contribution in [0.15, 0.2) is 23.1 Å². The number of carbonyl (C=O) groups is 3. The summed E-state index contributed by atoms with van der Waals surface area (Å²) >= 11 is 0.927. The van der Waals surface area contributed by atoms with Gasteiger partial charge in [-0.3, -0.25) is 19.3 Å². The minimum absolute atomic E-state index is 0.0704. The molecule has 0 bridgehead atoms. The molecule has 0 spiro atoms. The number of ether oxygens (including phenoxy) is 1. The van der Waals surface area contributed by atoms with Gasteiger partial charge in [0.05, 0.1) is 12.9 Å². The molecule has 1 aliphatic heterocycles. The Kier molecular flexibility index (Phi) is 6.81. The van der Waals surface area contributed by atoms with Gasteiger partial charge in [0.25, 0.3) is 11.1 Å². The maximum Gasteiger partial charge on any atom is 0.288 e. The average molecular weight is 442 g/mol. The van der Waals surface area contributed by atoms with E-state index >= 15 is 0 Å². The molecule has 1 saturated heterocycles. The second-order valence-electron chi connectivity index (χ2n) is 6.82. The molecular formula is C18H23N3O6S2. The van der Waals surface area contributed by atoms with E-state index in [2.05, 4.69) is 10.0 Å². The first-order valence-electron chi connectivity index (χ1n) is 9.27. The van der Waals surface area contributed by atoms with Gasteiger partial charge in [-0.25, -0.2) is 13.1 Å². The monoisotopic (exact) mass is 441 g/mol. The quantitative estimate of drug-likeness (QED) is 0.624. The SMILES string of the molecule is COc1ccc(C(=O)NCCN2C(=O)CSC2=O)cc1S(=O)(=O)NC1CCCC1. The largest absolute Gasteiger partial charge is 0.495 e. The molecule has 9 nitrogen and oxygen atoms in total. The Morgan fingerprint density at radius 1 is 1.28 bits per heavy atom. The summed E-state index contributed by atoms with van der Waals surface area (Å²) in [6.45, 7) is 0.145. The number of methoxy groups -OCH3 is 1. The molecule has 1 aliphatic carbocycles. The molecule has 0 unspecified atom stereocenters. The van der Waals surface area contributed by atoms with Crippen LogP contribution in [0.2, 0.25) is 0 Å². The van der Waals surface area contributed by atoms with E-state index in [1.165, 1.54) is 25.3 Å². The van der Waals surface area contributed by atoms with Crippen molar-refractivity contribution in [2.75, 3.05) is 26.0 Å². The van der Waals surface area contributed by atoms with Gasteiger partial charge in [-0.15, -0.1) is 0 Å². The van der Waals surface area contributed by atoms with Gasteiger partial charge >= 0.3 is 0 Å². The third-order valence-electron chi connectivity index (χ3n) is 4.85. The topological polar surface area (TPSA) is 122 Å². The van der Waals surface area contributed by atoms with Crippen molar-refractivity contribution in [2.24, 2.45) is 0 Å². The van der Waals surface area contributed by atoms with E-state index in [0.717, 1.165) is 42.3 Å². The standard InChI is InChI=1S/C18H23N3O6S2/c1-27-14-7-6-12(10-15(14)29(25,26)20-13-4-2-3-5-13)17(23)19-8-9-21-16(22)11-28-18(21)24/h6-7,10,13,20H,2-5,8-9,11H2,1H3,(H,19,23). The molecule has 11 heteroatoms. The molecular weight excluding hydrogens is 418 g/mol. The minimum atomic E-state index is -3.85. The summed E-state index contributed by atoms with van der Waals surface area (Å²) in [6, 6.07) is 4.05. The number of thioether (sulfide) groups is 1. The van der Waals surface area contributed by atoms with Crippen molar-refractivity contribution in [1.29, 1.82) is 0 Å². The van der Waals surface area contributed by atoms with Crippen LogP contribution in [0.4, 0.5) is 4.79 Å². The molecule has 158 valence electrons. The zero-order valence-electron chi connectivity index (χ0n) is 16.0. The average Bonchev–Trinajstić information content (AvgIpc) is 3.31. The zero-order valence-corrected chi connectivity index (χ0v) is 17.6. The Hall–Kier alpha value is -2.11. The number of imide groups is 1. The van der Waals surface area contributed by atoms with Gasteiger partial charge in [0, 0.05) is 24.7 Å². The van der Waals surface area contributed by atoms with E-state index in [1.807, 2.05) is 0 Å². The highest BCUT2D eigenvalue weighted by Gasteiger charge is 2.30. The molecule has 0 radical (unpaired) electrons. The molecule has 1 aromatic rings. The van der Waals surface area contributed by atoms with Gasteiger partial charge in [0.1, 0.15) is 10.6 Å². The van der Waals surface area contributed by atoms with Crippen LogP contribution >= 0.6 is 11.8 Å². The Balaban J connectivity index is 1.69. The van der Waals surface area contributed by atoms with E-state index < -0.39 is 15.9 Å². The Morgan fingerprint density at radius 2 is 2.00 bits per heavy atom. The van der Waals surface area contributed by atoms with Crippen LogP contribution in [-0.4, -0.2) is 62.4 Å². The van der Waals surface area contributed by atoms with Gasteiger partial charge in [0.2, 0.25) is 15.9 Å². The normalized spacial score (nSPS) is 17.8. The van der Waals surface area contributed by atoms with Crippen molar-refractivity contribution >= 4 is 38.8 Å². The lowest BCUT2D eigenvalue weighted by atomic mass is 10.2. The predicted octanol–water partition coefficient (Wildman–Crippen LogP) is 1.34. The van der Waals surface area contributed by atoms with Crippen LogP contribution in [-0.2, 0) is 14.8 Å². The van der Waals surface area contributed by atoms with Gasteiger partial charge < -0.3 is 10.1 Å². The van der Waals surface area contributed by atoms with Crippen molar-refractivity contribution in [3.63, 3.8) is 0 Å². The predicted molar refractivity (Wildman–Crippen MR) is 107 cm³/mol. The number of rotatable bonds is 8. The molecule has 1 saturated carbocycles. The third-order valence-corrected chi connectivity index (χ3v) is 7.25. The first-order chi connectivity index (χ1) is 13.8. The molecule has 2 aliphatic rings. The highest BCUT2D eigenvalue weighted by molar-refractivity contribution is 8.14. The molecule has 3 amide bonds. The fraction of sp³-hybridized carbons (Fsp3) is 0.500. The van der Waals surface area contributed by atoms with E-state index in [-0.39, 0.29) is 52.2 Å². The molecule has 29 heavy (non-hydrogen) atoms. The van der Waals surface area contributed by atoms with E-state index in [9.17, 15) is 22.8 Å². The van der Waals surface area contributed by atoms with Crippen LogP contribution in [0.5, 0.6) is 5.75 Å². The summed E-state index contributed by atoms with van der Waals surface area (Å²) in [6.07, 6.45) is 3.53. The van der Waals surface area contributed by atoms with Crippen molar-refractivity contribution in [3.05, 3.63) is 23.8 Å². The number of nitrogens with one attached hydrogen (secondary N) is 2. The number of hydrogen-bond donors (Lipinski definition) is 2. The van der Waals surface area contributed by atoms with Gasteiger partial charge in [-0.2, -0.15) is 0 Å². The molecule has 0 aromatic heterocycles. The first-order valence-corrected chi connectivity index (χ1v) is 11.7. The highest BCUT2D eigenvalue weighted by atomic mass is 32.2. The molecule has 1 aromatic carbocycles. The van der Waals surface area contributed by atoms with Crippen LogP contribution in [0.3, 0.4) is 0 Å². The van der Waals surface area contributed by atoms with Gasteiger partial charge in [-0.05, 0) is 31.0 Å². The van der Waals surface area contributed by atoms with Gasteiger partial charge in [-0.1, -0.05) is 24.6 Å². The summed E-state index contributed by atoms with van der Waals surface area (Å²) in [5.74, 6) is -0.528. The van der Waals surface area contributed by atoms with Crippen LogP contribution < -0.4 is 14.8 Å². The summed E-state index contributed by atoms with van der Waals surface area (Å²) in [5.41, 5.74) is 0.144. The summed E-state index contributed by atoms with van der Waals surface area (Å²) in [7, 11) is -2.48. The smallest absolute Gasteiger partial charge is 0.288 e. The number of hydrogen-bond acceptors (Lipinski definition) is 7. The van der Waals surface area contributed by atoms with Crippen molar-refractivity contribution in [1.82, 2.24) is 14.9 Å². The van der Waals surface area contributed by atoms with Crippen LogP contribution in [0.25, 0.3) is 0 Å². The minimum Gasteiger partial charge on any atom is -0.495 e. The van der Waals surface area contributed by atoms with Crippen LogP contribution in [0.1, 0.15) is 36.0 Å². The fourth-order valence-corrected chi connectivity index (χ4v) is 5.59. The summed E-state index contributed by atoms with van der Waals surface area (Å²) < 4.78 is 33.4. The summed E-state index contributed by atoms with van der Waals surface area (Å²) in [5, 5.41) is 2.27. The molecule has 0 atom stereocenters. The fourth-order valence-electron chi connectivity index (χ4n) is 3.33. The van der Waals surface area contributed by atoms with Crippen molar-refractivity contribution in [2.45, 2.75) is 36.6 Å². The lowest BCUT2D eigenvalue weighted by molar-refractivity contribution is -0.124. The number of sulfonamides is 1. The van der Waals surface area contributed by atoms with Gasteiger partial charge in [0.15, 0.2) is 0 Å². The third kappa shape index (κ3) is 5.09. The maximum atomic E-state index is 12.8. The molecule has 2 N–H and O–H groups in total. The Morgan fingerprint density at radius 3 is 2.62 bits per heavy atom. The lowest BCUT2D eigenvalue weighted by Gasteiger charge is -2.16. The number of carbonyl (C=O) groups excluding carboxylic acids is 3. The van der Waals surface area contributed by atoms with Crippen molar-refractivity contribution in [3.8, 4) is 5.75 Å². The van der Waals surface area contributed by atoms with E-state index in [0.29, 0.717) is 0 Å². The number of benzene rings is 1. The first kappa shape index (κ1) is 21.6. The number of amides is 3. The summed E-state index contributed by atoms with van der Waals surface area (Å²) in [4.78, 5) is 36.6. The zero-order chi connectivity index (χ0) is 21.0.